The van der Waals surface area contributed by atoms with Crippen molar-refractivity contribution in [2.75, 3.05) is 6.61 Å². The maximum Gasteiger partial charge on any atom is 0.335 e. The molecular weight excluding hydrogens is 194 g/mol. The Balaban J connectivity index is 2.46. The summed E-state index contributed by atoms with van der Waals surface area (Å²) >= 11 is 0. The molecule has 0 saturated carbocycles. The molecule has 1 rings (SSSR count). The Morgan fingerprint density at radius 2 is 2.07 bits per heavy atom. The van der Waals surface area contributed by atoms with Gasteiger partial charge in [-0.05, 0) is 37.6 Å². The first-order valence-electron chi connectivity index (χ1n) is 4.81. The fourth-order valence-corrected chi connectivity index (χ4v) is 1.06. The minimum absolute atomic E-state index is 0.114. The summed E-state index contributed by atoms with van der Waals surface area (Å²) in [6, 6.07) is 6.44. The van der Waals surface area contributed by atoms with Gasteiger partial charge in [-0.15, -0.1) is 0 Å². The lowest BCUT2D eigenvalue weighted by Crippen LogP contribution is -2.18. The van der Waals surface area contributed by atoms with E-state index in [2.05, 4.69) is 0 Å². The van der Waals surface area contributed by atoms with E-state index < -0.39 is 5.97 Å². The smallest absolute Gasteiger partial charge is 0.335 e. The zero-order valence-corrected chi connectivity index (χ0v) is 8.64. The van der Waals surface area contributed by atoms with Gasteiger partial charge >= 0.3 is 5.97 Å². The summed E-state index contributed by atoms with van der Waals surface area (Å²) in [7, 11) is 0. The SMILES string of the molecule is CC(N)CCOc1ccc(C(=O)O)cc1. The van der Waals surface area contributed by atoms with Crippen LogP contribution in [0.5, 0.6) is 5.75 Å². The van der Waals surface area contributed by atoms with E-state index in [9.17, 15) is 4.79 Å². The van der Waals surface area contributed by atoms with Crippen LogP contribution in [-0.2, 0) is 0 Å². The molecule has 0 heterocycles. The first-order chi connectivity index (χ1) is 7.09. The van der Waals surface area contributed by atoms with Crippen molar-refractivity contribution in [3.63, 3.8) is 0 Å². The van der Waals surface area contributed by atoms with Crippen LogP contribution in [0.2, 0.25) is 0 Å². The van der Waals surface area contributed by atoms with Gasteiger partial charge in [0.15, 0.2) is 0 Å². The van der Waals surface area contributed by atoms with Crippen LogP contribution in [-0.4, -0.2) is 23.7 Å². The maximum atomic E-state index is 10.6. The molecule has 0 aliphatic heterocycles. The third kappa shape index (κ3) is 3.99. The lowest BCUT2D eigenvalue weighted by Gasteiger charge is -2.07. The van der Waals surface area contributed by atoms with Crippen molar-refractivity contribution >= 4 is 5.97 Å². The number of rotatable bonds is 5. The topological polar surface area (TPSA) is 72.5 Å². The molecule has 1 aromatic rings. The van der Waals surface area contributed by atoms with E-state index >= 15 is 0 Å². The molecule has 1 atom stereocenters. The third-order valence-electron chi connectivity index (χ3n) is 1.94. The minimum Gasteiger partial charge on any atom is -0.494 e. The summed E-state index contributed by atoms with van der Waals surface area (Å²) in [5, 5.41) is 8.67. The summed E-state index contributed by atoms with van der Waals surface area (Å²) in [5.74, 6) is -0.266. The van der Waals surface area contributed by atoms with Crippen LogP contribution < -0.4 is 10.5 Å². The van der Waals surface area contributed by atoms with Crippen molar-refractivity contribution in [3.05, 3.63) is 29.8 Å². The normalized spacial score (nSPS) is 12.1. The van der Waals surface area contributed by atoms with E-state index in [1.807, 2.05) is 6.92 Å². The highest BCUT2D eigenvalue weighted by Crippen LogP contribution is 2.12. The molecule has 0 bridgehead atoms. The molecule has 0 saturated heterocycles. The Bertz CT molecular complexity index is 319. The van der Waals surface area contributed by atoms with Crippen molar-refractivity contribution in [3.8, 4) is 5.75 Å². The molecular formula is C11H15NO3. The lowest BCUT2D eigenvalue weighted by molar-refractivity contribution is 0.0697. The van der Waals surface area contributed by atoms with Crippen LogP contribution in [0.15, 0.2) is 24.3 Å². The fraction of sp³-hybridized carbons (Fsp3) is 0.364. The number of carbonyl (C=O) groups is 1. The highest BCUT2D eigenvalue weighted by atomic mass is 16.5. The average molecular weight is 209 g/mol. The van der Waals surface area contributed by atoms with Gasteiger partial charge in [0.1, 0.15) is 5.75 Å². The highest BCUT2D eigenvalue weighted by molar-refractivity contribution is 5.87. The number of benzene rings is 1. The predicted molar refractivity (Wildman–Crippen MR) is 57.2 cm³/mol. The molecule has 0 amide bonds. The van der Waals surface area contributed by atoms with Gasteiger partial charge in [-0.1, -0.05) is 0 Å². The second-order valence-corrected chi connectivity index (χ2v) is 3.44. The van der Waals surface area contributed by atoms with Crippen molar-refractivity contribution in [2.24, 2.45) is 5.73 Å². The van der Waals surface area contributed by atoms with Crippen LogP contribution in [0.4, 0.5) is 0 Å². The Kier molecular flexibility index (Phi) is 4.12. The molecule has 4 nitrogen and oxygen atoms in total. The van der Waals surface area contributed by atoms with E-state index in [1.54, 1.807) is 12.1 Å². The number of nitrogens with two attached hydrogens (primary N) is 1. The molecule has 0 aliphatic carbocycles. The van der Waals surface area contributed by atoms with Crippen molar-refractivity contribution in [1.82, 2.24) is 0 Å². The summed E-state index contributed by atoms with van der Waals surface area (Å²) < 4.78 is 5.38. The number of hydrogen-bond acceptors (Lipinski definition) is 3. The number of carboxylic acids is 1. The molecule has 0 spiro atoms. The van der Waals surface area contributed by atoms with E-state index in [0.29, 0.717) is 12.4 Å². The second-order valence-electron chi connectivity index (χ2n) is 3.44. The Morgan fingerprint density at radius 1 is 1.47 bits per heavy atom. The van der Waals surface area contributed by atoms with Crippen LogP contribution in [0, 0.1) is 0 Å². The Hall–Kier alpha value is -1.55. The van der Waals surface area contributed by atoms with Crippen LogP contribution in [0.1, 0.15) is 23.7 Å². The molecule has 15 heavy (non-hydrogen) atoms. The minimum atomic E-state index is -0.933. The van der Waals surface area contributed by atoms with Crippen LogP contribution >= 0.6 is 0 Å². The number of hydrogen-bond donors (Lipinski definition) is 2. The van der Waals surface area contributed by atoms with E-state index in [4.69, 9.17) is 15.6 Å². The number of carboxylic acid groups (broad SMARTS) is 1. The van der Waals surface area contributed by atoms with E-state index in [1.165, 1.54) is 12.1 Å². The number of ether oxygens (including phenoxy) is 1. The molecule has 4 heteroatoms. The monoisotopic (exact) mass is 209 g/mol. The van der Waals surface area contributed by atoms with Gasteiger partial charge in [0.2, 0.25) is 0 Å². The van der Waals surface area contributed by atoms with Crippen LogP contribution in [0.3, 0.4) is 0 Å². The first kappa shape index (κ1) is 11.5. The summed E-state index contributed by atoms with van der Waals surface area (Å²) in [5.41, 5.74) is 5.82. The van der Waals surface area contributed by atoms with Gasteiger partial charge in [0.05, 0.1) is 12.2 Å². The zero-order valence-electron chi connectivity index (χ0n) is 8.64. The molecule has 0 aliphatic rings. The van der Waals surface area contributed by atoms with E-state index in [0.717, 1.165) is 6.42 Å². The second kappa shape index (κ2) is 5.36. The van der Waals surface area contributed by atoms with Gasteiger partial charge in [0, 0.05) is 6.04 Å². The first-order valence-corrected chi connectivity index (χ1v) is 4.81. The van der Waals surface area contributed by atoms with Gasteiger partial charge in [-0.3, -0.25) is 0 Å². The highest BCUT2D eigenvalue weighted by Gasteiger charge is 2.02. The van der Waals surface area contributed by atoms with Gasteiger partial charge in [-0.25, -0.2) is 4.79 Å². The molecule has 0 aromatic heterocycles. The van der Waals surface area contributed by atoms with Crippen LogP contribution in [0.25, 0.3) is 0 Å². The Labute approximate surface area is 88.7 Å². The standard InChI is InChI=1S/C11H15NO3/c1-8(12)6-7-15-10-4-2-9(3-5-10)11(13)14/h2-5,8H,6-7,12H2,1H3,(H,13,14). The fourth-order valence-electron chi connectivity index (χ4n) is 1.06. The lowest BCUT2D eigenvalue weighted by atomic mass is 10.2. The Morgan fingerprint density at radius 3 is 2.53 bits per heavy atom. The average Bonchev–Trinajstić information content (AvgIpc) is 2.18. The van der Waals surface area contributed by atoms with Crippen molar-refractivity contribution < 1.29 is 14.6 Å². The van der Waals surface area contributed by atoms with Crippen molar-refractivity contribution in [1.29, 1.82) is 0 Å². The predicted octanol–water partition coefficient (Wildman–Crippen LogP) is 1.50. The van der Waals surface area contributed by atoms with Gasteiger partial charge in [-0.2, -0.15) is 0 Å². The molecule has 1 aromatic carbocycles. The third-order valence-corrected chi connectivity index (χ3v) is 1.94. The molecule has 82 valence electrons. The van der Waals surface area contributed by atoms with Gasteiger partial charge in [0.25, 0.3) is 0 Å². The molecule has 0 fully saturated rings. The van der Waals surface area contributed by atoms with E-state index in [-0.39, 0.29) is 11.6 Å². The maximum absolute atomic E-state index is 10.6. The summed E-state index contributed by atoms with van der Waals surface area (Å²) in [6.45, 7) is 2.46. The van der Waals surface area contributed by atoms with Gasteiger partial charge < -0.3 is 15.6 Å². The quantitative estimate of drug-likeness (QED) is 0.770. The van der Waals surface area contributed by atoms with Crippen molar-refractivity contribution in [2.45, 2.75) is 19.4 Å². The molecule has 1 unspecified atom stereocenters. The summed E-state index contributed by atoms with van der Waals surface area (Å²) in [4.78, 5) is 10.6. The number of aromatic carboxylic acids is 1. The molecule has 0 radical (unpaired) electrons. The summed E-state index contributed by atoms with van der Waals surface area (Å²) in [6.07, 6.45) is 0.778. The largest absolute Gasteiger partial charge is 0.494 e. The molecule has 3 N–H and O–H groups in total. The zero-order chi connectivity index (χ0) is 11.3.